The first kappa shape index (κ1) is 20.0. The van der Waals surface area contributed by atoms with Crippen LogP contribution in [0, 0.1) is 0 Å². The number of ether oxygens (including phenoxy) is 3. The molecule has 2 aromatic rings. The van der Waals surface area contributed by atoms with E-state index in [4.69, 9.17) is 25.8 Å². The van der Waals surface area contributed by atoms with Gasteiger partial charge in [-0.3, -0.25) is 4.79 Å². The molecule has 4 rings (SSSR count). The normalized spacial score (nSPS) is 17.7. The molecular formula is C23H26ClNO4. The van der Waals surface area contributed by atoms with Crippen molar-refractivity contribution >= 4 is 17.5 Å². The van der Waals surface area contributed by atoms with Crippen molar-refractivity contribution in [1.82, 2.24) is 4.90 Å². The summed E-state index contributed by atoms with van der Waals surface area (Å²) in [6.07, 6.45) is 2.78. The zero-order chi connectivity index (χ0) is 20.4. The zero-order valence-electron chi connectivity index (χ0n) is 16.9. The van der Waals surface area contributed by atoms with Crippen molar-refractivity contribution in [1.29, 1.82) is 0 Å². The van der Waals surface area contributed by atoms with Crippen LogP contribution in [0.1, 0.15) is 29.5 Å². The molecule has 2 heterocycles. The van der Waals surface area contributed by atoms with E-state index in [1.807, 2.05) is 29.2 Å². The van der Waals surface area contributed by atoms with Crippen LogP contribution in [0.25, 0.3) is 0 Å². The molecule has 0 radical (unpaired) electrons. The van der Waals surface area contributed by atoms with E-state index in [9.17, 15) is 4.79 Å². The highest BCUT2D eigenvalue weighted by molar-refractivity contribution is 6.30. The Morgan fingerprint density at radius 2 is 1.86 bits per heavy atom. The second-order valence-electron chi connectivity index (χ2n) is 7.64. The van der Waals surface area contributed by atoms with Crippen LogP contribution < -0.4 is 9.47 Å². The van der Waals surface area contributed by atoms with Crippen LogP contribution in [0.5, 0.6) is 11.5 Å². The van der Waals surface area contributed by atoms with E-state index in [2.05, 4.69) is 12.1 Å². The van der Waals surface area contributed by atoms with Gasteiger partial charge < -0.3 is 19.1 Å². The van der Waals surface area contributed by atoms with Gasteiger partial charge in [-0.1, -0.05) is 23.7 Å². The molecule has 1 saturated heterocycles. The minimum atomic E-state index is -0.361. The van der Waals surface area contributed by atoms with Crippen LogP contribution in [0.15, 0.2) is 36.4 Å². The molecule has 5 nitrogen and oxygen atoms in total. The SMILES string of the molecule is COc1cc2c(cc1OC)C1(CCN(C(=O)Cc3cccc(Cl)c3)CC1)OCC2. The van der Waals surface area contributed by atoms with Gasteiger partial charge in [-0.25, -0.2) is 0 Å². The number of methoxy groups -OCH3 is 2. The second-order valence-corrected chi connectivity index (χ2v) is 8.08. The first-order valence-electron chi connectivity index (χ1n) is 9.96. The first-order chi connectivity index (χ1) is 14.0. The third-order valence-electron chi connectivity index (χ3n) is 6.02. The Hall–Kier alpha value is -2.24. The lowest BCUT2D eigenvalue weighted by atomic mass is 9.79. The maximum absolute atomic E-state index is 12.8. The summed E-state index contributed by atoms with van der Waals surface area (Å²) < 4.78 is 17.3. The van der Waals surface area contributed by atoms with Gasteiger partial charge >= 0.3 is 0 Å². The van der Waals surface area contributed by atoms with E-state index in [-0.39, 0.29) is 11.5 Å². The lowest BCUT2D eigenvalue weighted by Crippen LogP contribution is -2.48. The average Bonchev–Trinajstić information content (AvgIpc) is 2.73. The molecule has 0 aromatic heterocycles. The van der Waals surface area contributed by atoms with Gasteiger partial charge in [0.15, 0.2) is 11.5 Å². The van der Waals surface area contributed by atoms with Gasteiger partial charge in [0.25, 0.3) is 0 Å². The Morgan fingerprint density at radius 1 is 1.14 bits per heavy atom. The van der Waals surface area contributed by atoms with Crippen LogP contribution in [-0.2, 0) is 28.0 Å². The van der Waals surface area contributed by atoms with E-state index in [0.29, 0.717) is 31.1 Å². The number of nitrogens with zero attached hydrogens (tertiary/aromatic N) is 1. The zero-order valence-corrected chi connectivity index (χ0v) is 17.6. The molecule has 2 aliphatic rings. The fourth-order valence-electron chi connectivity index (χ4n) is 4.45. The highest BCUT2D eigenvalue weighted by atomic mass is 35.5. The first-order valence-corrected chi connectivity index (χ1v) is 10.3. The second kappa shape index (κ2) is 8.25. The van der Waals surface area contributed by atoms with Gasteiger partial charge in [0, 0.05) is 18.1 Å². The molecule has 2 aliphatic heterocycles. The fraction of sp³-hybridized carbons (Fsp3) is 0.435. The van der Waals surface area contributed by atoms with Crippen LogP contribution in [0.2, 0.25) is 5.02 Å². The number of rotatable bonds is 4. The minimum absolute atomic E-state index is 0.130. The molecule has 1 spiro atoms. The van der Waals surface area contributed by atoms with Crippen molar-refractivity contribution in [2.75, 3.05) is 33.9 Å². The maximum atomic E-state index is 12.8. The van der Waals surface area contributed by atoms with Crippen molar-refractivity contribution in [2.45, 2.75) is 31.3 Å². The van der Waals surface area contributed by atoms with Crippen molar-refractivity contribution in [2.24, 2.45) is 0 Å². The molecule has 0 aliphatic carbocycles. The molecule has 1 amide bonds. The number of hydrogen-bond acceptors (Lipinski definition) is 4. The van der Waals surface area contributed by atoms with Gasteiger partial charge in [-0.15, -0.1) is 0 Å². The predicted octanol–water partition coefficient (Wildman–Crippen LogP) is 3.99. The van der Waals surface area contributed by atoms with Gasteiger partial charge in [0.2, 0.25) is 5.91 Å². The van der Waals surface area contributed by atoms with E-state index < -0.39 is 0 Å². The molecule has 1 fully saturated rings. The Morgan fingerprint density at radius 3 is 2.55 bits per heavy atom. The maximum Gasteiger partial charge on any atom is 0.226 e. The van der Waals surface area contributed by atoms with Crippen LogP contribution in [-0.4, -0.2) is 44.7 Å². The summed E-state index contributed by atoms with van der Waals surface area (Å²) in [4.78, 5) is 14.7. The van der Waals surface area contributed by atoms with Gasteiger partial charge in [-0.2, -0.15) is 0 Å². The monoisotopic (exact) mass is 415 g/mol. The third kappa shape index (κ3) is 3.94. The highest BCUT2D eigenvalue weighted by Crippen LogP contribution is 2.45. The quantitative estimate of drug-likeness (QED) is 0.757. The minimum Gasteiger partial charge on any atom is -0.493 e. The van der Waals surface area contributed by atoms with Crippen molar-refractivity contribution in [3.8, 4) is 11.5 Å². The van der Waals surface area contributed by atoms with Crippen LogP contribution >= 0.6 is 11.6 Å². The Balaban J connectivity index is 1.50. The molecule has 154 valence electrons. The molecule has 29 heavy (non-hydrogen) atoms. The number of halogens is 1. The summed E-state index contributed by atoms with van der Waals surface area (Å²) in [5.74, 6) is 1.60. The number of carbonyl (C=O) groups excluding carboxylic acids is 1. The number of carbonyl (C=O) groups is 1. The molecule has 0 unspecified atom stereocenters. The summed E-state index contributed by atoms with van der Waals surface area (Å²) in [5, 5.41) is 0.657. The number of benzene rings is 2. The lowest BCUT2D eigenvalue weighted by molar-refractivity contribution is -0.140. The fourth-order valence-corrected chi connectivity index (χ4v) is 4.66. The Kier molecular flexibility index (Phi) is 5.70. The Bertz CT molecular complexity index is 906. The molecule has 2 aromatic carbocycles. The number of amides is 1. The van der Waals surface area contributed by atoms with Crippen LogP contribution in [0.4, 0.5) is 0 Å². The van der Waals surface area contributed by atoms with E-state index in [1.54, 1.807) is 14.2 Å². The van der Waals surface area contributed by atoms with E-state index >= 15 is 0 Å². The largest absolute Gasteiger partial charge is 0.493 e. The van der Waals surface area contributed by atoms with Crippen molar-refractivity contribution in [3.63, 3.8) is 0 Å². The topological polar surface area (TPSA) is 48.0 Å². The van der Waals surface area contributed by atoms with Crippen LogP contribution in [0.3, 0.4) is 0 Å². The highest BCUT2D eigenvalue weighted by Gasteiger charge is 2.42. The summed E-state index contributed by atoms with van der Waals surface area (Å²) in [7, 11) is 3.31. The number of fused-ring (bicyclic) bond motifs is 2. The molecule has 0 N–H and O–H groups in total. The van der Waals surface area contributed by atoms with Gasteiger partial charge in [0.05, 0.1) is 32.8 Å². The van der Waals surface area contributed by atoms with E-state index in [0.717, 1.165) is 36.3 Å². The number of piperidine rings is 1. The average molecular weight is 416 g/mol. The lowest BCUT2D eigenvalue weighted by Gasteiger charge is -2.45. The molecule has 0 atom stereocenters. The summed E-state index contributed by atoms with van der Waals surface area (Å²) in [6.45, 7) is 2.03. The standard InChI is InChI=1S/C23H26ClNO4/c1-27-20-14-17-6-11-29-23(19(17)15-21(20)28-2)7-9-25(10-8-23)22(26)13-16-4-3-5-18(24)12-16/h3-5,12,14-15H,6-11,13H2,1-2H3. The smallest absolute Gasteiger partial charge is 0.226 e. The molecule has 0 saturated carbocycles. The summed E-state index contributed by atoms with van der Waals surface area (Å²) in [5.41, 5.74) is 3.00. The number of likely N-dealkylation sites (tertiary alicyclic amines) is 1. The predicted molar refractivity (Wildman–Crippen MR) is 112 cm³/mol. The number of hydrogen-bond donors (Lipinski definition) is 0. The molecule has 6 heteroatoms. The third-order valence-corrected chi connectivity index (χ3v) is 6.25. The molecular weight excluding hydrogens is 390 g/mol. The van der Waals surface area contributed by atoms with Gasteiger partial charge in [-0.05, 0) is 60.2 Å². The van der Waals surface area contributed by atoms with Crippen molar-refractivity contribution < 1.29 is 19.0 Å². The van der Waals surface area contributed by atoms with Gasteiger partial charge in [0.1, 0.15) is 0 Å². The Labute approximate surface area is 176 Å². The molecule has 0 bridgehead atoms. The van der Waals surface area contributed by atoms with E-state index in [1.165, 1.54) is 11.1 Å². The summed E-state index contributed by atoms with van der Waals surface area (Å²) >= 11 is 6.05. The van der Waals surface area contributed by atoms with Crippen molar-refractivity contribution in [3.05, 3.63) is 58.1 Å². The summed E-state index contributed by atoms with van der Waals surface area (Å²) in [6, 6.07) is 11.6.